The van der Waals surface area contributed by atoms with Crippen molar-refractivity contribution in [2.75, 3.05) is 0 Å². The molecule has 0 saturated heterocycles. The highest BCUT2D eigenvalue weighted by atomic mass is 16.5. The van der Waals surface area contributed by atoms with E-state index in [0.29, 0.717) is 11.8 Å². The molecule has 1 unspecified atom stereocenters. The molecule has 1 aromatic heterocycles. The van der Waals surface area contributed by atoms with Crippen LogP contribution in [0.3, 0.4) is 0 Å². The van der Waals surface area contributed by atoms with Crippen LogP contribution in [0.4, 0.5) is 0 Å². The van der Waals surface area contributed by atoms with Gasteiger partial charge in [-0.3, -0.25) is 0 Å². The van der Waals surface area contributed by atoms with Crippen LogP contribution in [-0.2, 0) is 0 Å². The molecular formula is C17H22N2O. The SMILES string of the molecule is Cc1ccc(C(C)C)c(Oc2ncccc2C(C)N)c1. The second-order valence-corrected chi connectivity index (χ2v) is 5.48. The summed E-state index contributed by atoms with van der Waals surface area (Å²) in [6.45, 7) is 8.30. The molecule has 1 heterocycles. The number of ether oxygens (including phenoxy) is 1. The average Bonchev–Trinajstić information content (AvgIpc) is 2.38. The lowest BCUT2D eigenvalue weighted by Crippen LogP contribution is -2.08. The van der Waals surface area contributed by atoms with E-state index in [1.54, 1.807) is 6.20 Å². The van der Waals surface area contributed by atoms with Crippen molar-refractivity contribution in [2.45, 2.75) is 39.7 Å². The maximum atomic E-state index is 6.05. The predicted molar refractivity (Wildman–Crippen MR) is 82.2 cm³/mol. The van der Waals surface area contributed by atoms with Crippen LogP contribution in [0.1, 0.15) is 49.4 Å². The van der Waals surface area contributed by atoms with Crippen molar-refractivity contribution in [3.8, 4) is 11.6 Å². The molecule has 2 N–H and O–H groups in total. The number of rotatable bonds is 4. The molecule has 0 spiro atoms. The van der Waals surface area contributed by atoms with Gasteiger partial charge in [0.15, 0.2) is 0 Å². The largest absolute Gasteiger partial charge is 0.438 e. The Bertz CT molecular complexity index is 591. The normalized spacial score (nSPS) is 12.5. The first-order valence-corrected chi connectivity index (χ1v) is 6.98. The number of nitrogens with zero attached hydrogens (tertiary/aromatic N) is 1. The van der Waals surface area contributed by atoms with E-state index in [9.17, 15) is 0 Å². The van der Waals surface area contributed by atoms with E-state index in [-0.39, 0.29) is 6.04 Å². The van der Waals surface area contributed by atoms with E-state index in [1.807, 2.05) is 19.1 Å². The fraction of sp³-hybridized carbons (Fsp3) is 0.353. The summed E-state index contributed by atoms with van der Waals surface area (Å²) in [5.41, 5.74) is 9.24. The van der Waals surface area contributed by atoms with Gasteiger partial charge in [-0.05, 0) is 43.0 Å². The van der Waals surface area contributed by atoms with Gasteiger partial charge < -0.3 is 10.5 Å². The third kappa shape index (κ3) is 3.17. The molecule has 0 aliphatic heterocycles. The van der Waals surface area contributed by atoms with Gasteiger partial charge in [-0.2, -0.15) is 0 Å². The zero-order chi connectivity index (χ0) is 14.7. The Labute approximate surface area is 120 Å². The summed E-state index contributed by atoms with van der Waals surface area (Å²) in [4.78, 5) is 4.32. The number of pyridine rings is 1. The van der Waals surface area contributed by atoms with Crippen LogP contribution in [-0.4, -0.2) is 4.98 Å². The molecule has 0 radical (unpaired) electrons. The Hall–Kier alpha value is -1.87. The molecule has 1 atom stereocenters. The first kappa shape index (κ1) is 14.5. The van der Waals surface area contributed by atoms with Crippen LogP contribution < -0.4 is 10.5 Å². The number of hydrogen-bond acceptors (Lipinski definition) is 3. The highest BCUT2D eigenvalue weighted by Gasteiger charge is 2.13. The Morgan fingerprint density at radius 2 is 1.85 bits per heavy atom. The Morgan fingerprint density at radius 3 is 2.50 bits per heavy atom. The molecule has 0 fully saturated rings. The highest BCUT2D eigenvalue weighted by Crippen LogP contribution is 2.33. The lowest BCUT2D eigenvalue weighted by Gasteiger charge is -2.17. The standard InChI is InChI=1S/C17H22N2O/c1-11(2)14-8-7-12(3)10-16(14)20-17-15(13(4)18)6-5-9-19-17/h5-11,13H,18H2,1-4H3. The van der Waals surface area contributed by atoms with Crippen LogP contribution in [0.25, 0.3) is 0 Å². The van der Waals surface area contributed by atoms with E-state index in [0.717, 1.165) is 11.3 Å². The van der Waals surface area contributed by atoms with Crippen molar-refractivity contribution in [3.63, 3.8) is 0 Å². The lowest BCUT2D eigenvalue weighted by molar-refractivity contribution is 0.444. The number of hydrogen-bond donors (Lipinski definition) is 1. The average molecular weight is 270 g/mol. The quantitative estimate of drug-likeness (QED) is 0.899. The van der Waals surface area contributed by atoms with Crippen molar-refractivity contribution in [1.29, 1.82) is 0 Å². The molecule has 106 valence electrons. The molecule has 0 saturated carbocycles. The zero-order valence-electron chi connectivity index (χ0n) is 12.6. The molecule has 0 aliphatic rings. The number of aromatic nitrogens is 1. The van der Waals surface area contributed by atoms with Gasteiger partial charge in [-0.1, -0.05) is 32.0 Å². The van der Waals surface area contributed by atoms with Gasteiger partial charge in [0.05, 0.1) is 0 Å². The molecule has 20 heavy (non-hydrogen) atoms. The first-order valence-electron chi connectivity index (χ1n) is 6.98. The second-order valence-electron chi connectivity index (χ2n) is 5.48. The van der Waals surface area contributed by atoms with E-state index in [1.165, 1.54) is 11.1 Å². The monoisotopic (exact) mass is 270 g/mol. The summed E-state index contributed by atoms with van der Waals surface area (Å²) in [6.07, 6.45) is 1.73. The molecule has 3 heteroatoms. The van der Waals surface area contributed by atoms with Crippen LogP contribution >= 0.6 is 0 Å². The molecule has 0 amide bonds. The Balaban J connectivity index is 2.42. The molecule has 0 aliphatic carbocycles. The van der Waals surface area contributed by atoms with Crippen LogP contribution in [0.5, 0.6) is 11.6 Å². The third-order valence-corrected chi connectivity index (χ3v) is 3.29. The second kappa shape index (κ2) is 6.06. The topological polar surface area (TPSA) is 48.1 Å². The molecule has 0 bridgehead atoms. The smallest absolute Gasteiger partial charge is 0.223 e. The molecule has 1 aromatic carbocycles. The zero-order valence-corrected chi connectivity index (χ0v) is 12.6. The van der Waals surface area contributed by atoms with Crippen molar-refractivity contribution >= 4 is 0 Å². The van der Waals surface area contributed by atoms with Crippen LogP contribution in [0.15, 0.2) is 36.5 Å². The van der Waals surface area contributed by atoms with Gasteiger partial charge in [0, 0.05) is 17.8 Å². The molecule has 2 rings (SSSR count). The summed E-state index contributed by atoms with van der Waals surface area (Å²) in [6, 6.07) is 10.0. The van der Waals surface area contributed by atoms with Crippen molar-refractivity contribution in [3.05, 3.63) is 53.2 Å². The Kier molecular flexibility index (Phi) is 4.40. The van der Waals surface area contributed by atoms with E-state index in [2.05, 4.69) is 44.0 Å². The third-order valence-electron chi connectivity index (χ3n) is 3.29. The number of nitrogens with two attached hydrogens (primary N) is 1. The summed E-state index contributed by atoms with van der Waals surface area (Å²) in [5, 5.41) is 0. The first-order chi connectivity index (χ1) is 9.49. The minimum atomic E-state index is -0.106. The predicted octanol–water partition coefficient (Wildman–Crippen LogP) is 4.33. The number of benzene rings is 1. The maximum Gasteiger partial charge on any atom is 0.223 e. The Morgan fingerprint density at radius 1 is 1.10 bits per heavy atom. The van der Waals surface area contributed by atoms with Gasteiger partial charge >= 0.3 is 0 Å². The van der Waals surface area contributed by atoms with Crippen LogP contribution in [0.2, 0.25) is 0 Å². The van der Waals surface area contributed by atoms with Crippen LogP contribution in [0, 0.1) is 6.92 Å². The van der Waals surface area contributed by atoms with Gasteiger partial charge in [0.2, 0.25) is 5.88 Å². The van der Waals surface area contributed by atoms with E-state index in [4.69, 9.17) is 10.5 Å². The summed E-state index contributed by atoms with van der Waals surface area (Å²) < 4.78 is 6.05. The molecular weight excluding hydrogens is 248 g/mol. The molecule has 3 nitrogen and oxygen atoms in total. The van der Waals surface area contributed by atoms with Gasteiger partial charge in [0.25, 0.3) is 0 Å². The molecule has 2 aromatic rings. The summed E-state index contributed by atoms with van der Waals surface area (Å²) >= 11 is 0. The van der Waals surface area contributed by atoms with E-state index < -0.39 is 0 Å². The summed E-state index contributed by atoms with van der Waals surface area (Å²) in [5.74, 6) is 1.85. The fourth-order valence-electron chi connectivity index (χ4n) is 2.15. The van der Waals surface area contributed by atoms with Crippen molar-refractivity contribution in [2.24, 2.45) is 5.73 Å². The highest BCUT2D eigenvalue weighted by molar-refractivity contribution is 5.42. The lowest BCUT2D eigenvalue weighted by atomic mass is 10.0. The van der Waals surface area contributed by atoms with Gasteiger partial charge in [0.1, 0.15) is 5.75 Å². The maximum absolute atomic E-state index is 6.05. The summed E-state index contributed by atoms with van der Waals surface area (Å²) in [7, 11) is 0. The van der Waals surface area contributed by atoms with Crippen molar-refractivity contribution in [1.82, 2.24) is 4.98 Å². The number of aryl methyl sites for hydroxylation is 1. The minimum Gasteiger partial charge on any atom is -0.438 e. The van der Waals surface area contributed by atoms with Gasteiger partial charge in [-0.25, -0.2) is 4.98 Å². The minimum absolute atomic E-state index is 0.106. The van der Waals surface area contributed by atoms with Gasteiger partial charge in [-0.15, -0.1) is 0 Å². The van der Waals surface area contributed by atoms with E-state index >= 15 is 0 Å². The fourth-order valence-corrected chi connectivity index (χ4v) is 2.15. The van der Waals surface area contributed by atoms with Crippen molar-refractivity contribution < 1.29 is 4.74 Å².